The highest BCUT2D eigenvalue weighted by Crippen LogP contribution is 2.36. The summed E-state index contributed by atoms with van der Waals surface area (Å²) in [6.45, 7) is 2.69. The van der Waals surface area contributed by atoms with Gasteiger partial charge in [0.25, 0.3) is 11.8 Å². The SMILES string of the molecule is CCN(c1ccc(C(=CC=CC=C2C=CC(=[N+](C)C)C=C2)c2ccc(N(C)C)cc2)cc1)c1cccc2c1C(=O)N(C)C2=O.[O-][Cl+3]([O-])([O-])[O-]. The second-order valence-corrected chi connectivity index (χ2v) is 12.4. The van der Waals surface area contributed by atoms with E-state index in [1.165, 1.54) is 17.7 Å². The summed E-state index contributed by atoms with van der Waals surface area (Å²) in [7, 11) is 4.75. The van der Waals surface area contributed by atoms with Gasteiger partial charge in [0.05, 0.1) is 16.8 Å². The second-order valence-electron chi connectivity index (χ2n) is 11.6. The molecule has 3 aromatic carbocycles. The molecule has 0 N–H and O–H groups in total. The van der Waals surface area contributed by atoms with Crippen LogP contribution in [0, 0.1) is 10.2 Å². The Labute approximate surface area is 289 Å². The van der Waals surface area contributed by atoms with Crippen LogP contribution in [0.3, 0.4) is 0 Å². The summed E-state index contributed by atoms with van der Waals surface area (Å²) in [6, 6.07) is 22.4. The first-order valence-electron chi connectivity index (χ1n) is 15.4. The Hall–Kier alpha value is -5.10. The second kappa shape index (κ2) is 15.9. The zero-order chi connectivity index (χ0) is 35.9. The van der Waals surface area contributed by atoms with Crippen LogP contribution < -0.4 is 28.4 Å². The summed E-state index contributed by atoms with van der Waals surface area (Å²) in [5.41, 5.74) is 9.35. The van der Waals surface area contributed by atoms with Gasteiger partial charge in [-0.25, -0.2) is 23.2 Å². The Bertz CT molecular complexity index is 1850. The van der Waals surface area contributed by atoms with E-state index in [9.17, 15) is 9.59 Å². The maximum atomic E-state index is 13.0. The van der Waals surface area contributed by atoms with Gasteiger partial charge in [0.1, 0.15) is 14.1 Å². The maximum Gasteiger partial charge on any atom is 0.263 e. The lowest BCUT2D eigenvalue weighted by Crippen LogP contribution is -2.68. The first kappa shape index (κ1) is 36.7. The molecule has 0 fully saturated rings. The van der Waals surface area contributed by atoms with Crippen molar-refractivity contribution < 1.29 is 43.0 Å². The molecule has 0 radical (unpaired) electrons. The molecule has 1 heterocycles. The van der Waals surface area contributed by atoms with E-state index in [0.29, 0.717) is 17.7 Å². The number of fused-ring (bicyclic) bond motifs is 1. The van der Waals surface area contributed by atoms with Crippen LogP contribution in [-0.4, -0.2) is 68.8 Å². The van der Waals surface area contributed by atoms with Crippen LogP contribution in [-0.2, 0) is 0 Å². The molecular weight excluding hydrogens is 644 g/mol. The number of rotatable bonds is 8. The fourth-order valence-corrected chi connectivity index (χ4v) is 5.42. The third kappa shape index (κ3) is 9.29. The molecule has 0 atom stereocenters. The van der Waals surface area contributed by atoms with Crippen molar-refractivity contribution in [1.82, 2.24) is 4.90 Å². The van der Waals surface area contributed by atoms with Gasteiger partial charge in [0.2, 0.25) is 0 Å². The number of carbonyl (C=O) groups excluding carboxylic acids is 2. The smallest absolute Gasteiger partial charge is 0.263 e. The molecule has 0 saturated carbocycles. The maximum absolute atomic E-state index is 13.0. The van der Waals surface area contributed by atoms with Gasteiger partial charge in [-0.3, -0.25) is 14.5 Å². The summed E-state index contributed by atoms with van der Waals surface area (Å²) in [5.74, 6) is -0.525. The van der Waals surface area contributed by atoms with Crippen molar-refractivity contribution in [2.75, 3.05) is 51.6 Å². The van der Waals surface area contributed by atoms with Gasteiger partial charge in [-0.1, -0.05) is 54.6 Å². The lowest BCUT2D eigenvalue weighted by Gasteiger charge is -2.25. The van der Waals surface area contributed by atoms with Crippen molar-refractivity contribution in [2.45, 2.75) is 6.92 Å². The summed E-state index contributed by atoms with van der Waals surface area (Å²) < 4.78 is 36.1. The quantitative estimate of drug-likeness (QED) is 0.200. The first-order chi connectivity index (χ1) is 23.2. The Morgan fingerprint density at radius 1 is 0.796 bits per heavy atom. The molecule has 0 saturated heterocycles. The van der Waals surface area contributed by atoms with E-state index in [1.54, 1.807) is 6.07 Å². The van der Waals surface area contributed by atoms with Crippen molar-refractivity contribution in [3.63, 3.8) is 0 Å². The van der Waals surface area contributed by atoms with Gasteiger partial charge in [-0.05, 0) is 77.7 Å². The number of carbonyl (C=O) groups is 2. The third-order valence-electron chi connectivity index (χ3n) is 7.96. The van der Waals surface area contributed by atoms with Crippen molar-refractivity contribution in [2.24, 2.45) is 0 Å². The molecule has 0 bridgehead atoms. The van der Waals surface area contributed by atoms with E-state index in [0.717, 1.165) is 39.3 Å². The molecule has 5 rings (SSSR count). The summed E-state index contributed by atoms with van der Waals surface area (Å²) in [4.78, 5) is 30.9. The average Bonchev–Trinajstić information content (AvgIpc) is 3.29. The molecule has 0 unspecified atom stereocenters. The highest BCUT2D eigenvalue weighted by molar-refractivity contribution is 6.23. The largest absolute Gasteiger partial charge is 0.378 e. The van der Waals surface area contributed by atoms with Gasteiger partial charge < -0.3 is 9.80 Å². The minimum absolute atomic E-state index is 0.260. The van der Waals surface area contributed by atoms with Crippen molar-refractivity contribution in [1.29, 1.82) is 0 Å². The van der Waals surface area contributed by atoms with Crippen LogP contribution in [0.5, 0.6) is 0 Å². The van der Waals surface area contributed by atoms with Crippen LogP contribution in [0.4, 0.5) is 17.1 Å². The number of hydrogen-bond acceptors (Lipinski definition) is 8. The zero-order valence-electron chi connectivity index (χ0n) is 28.3. The molecule has 10 nitrogen and oxygen atoms in total. The monoisotopic (exact) mass is 682 g/mol. The van der Waals surface area contributed by atoms with Gasteiger partial charge in [0, 0.05) is 51.2 Å². The highest BCUT2D eigenvalue weighted by atomic mass is 35.7. The topological polar surface area (TPSA) is 139 Å². The molecular formula is C38H39ClN4O6. The van der Waals surface area contributed by atoms with Crippen LogP contribution in [0.25, 0.3) is 5.57 Å². The van der Waals surface area contributed by atoms with E-state index in [-0.39, 0.29) is 11.8 Å². The van der Waals surface area contributed by atoms with E-state index < -0.39 is 10.2 Å². The van der Waals surface area contributed by atoms with Gasteiger partial charge >= 0.3 is 0 Å². The molecule has 49 heavy (non-hydrogen) atoms. The predicted octanol–water partition coefficient (Wildman–Crippen LogP) is 2.13. The van der Waals surface area contributed by atoms with Crippen molar-refractivity contribution >= 4 is 40.2 Å². The van der Waals surface area contributed by atoms with E-state index in [4.69, 9.17) is 18.6 Å². The van der Waals surface area contributed by atoms with Crippen LogP contribution in [0.15, 0.2) is 121 Å². The van der Waals surface area contributed by atoms with Crippen LogP contribution in [0.1, 0.15) is 38.8 Å². The molecule has 254 valence electrons. The number of allylic oxidation sites excluding steroid dienone is 9. The number of anilines is 3. The Morgan fingerprint density at radius 3 is 1.86 bits per heavy atom. The van der Waals surface area contributed by atoms with E-state index in [2.05, 4.69) is 112 Å². The number of halogens is 1. The standard InChI is InChI=1S/C38H39N4O2.ClHO4/c1-7-42(35-14-10-13-34-36(35)38(44)41(6)37(34)43)32-25-19-29(20-26-32)33(28-17-23-31(24-18-28)40(4)5)12-9-8-11-27-15-21-30(22-16-27)39(2)3;2-1(3,4)5/h8-26H,7H2,1-6H3;(H,2,3,4,5)/q+1;/p-1. The Morgan fingerprint density at radius 2 is 1.35 bits per heavy atom. The number of hydrogen-bond donors (Lipinski definition) is 0. The third-order valence-corrected chi connectivity index (χ3v) is 7.96. The summed E-state index contributed by atoms with van der Waals surface area (Å²) in [5, 5.41) is 0. The van der Waals surface area contributed by atoms with Crippen LogP contribution in [0.2, 0.25) is 0 Å². The Balaban J connectivity index is 0.00000101. The van der Waals surface area contributed by atoms with Gasteiger partial charge in [0.15, 0.2) is 5.71 Å². The lowest BCUT2D eigenvalue weighted by molar-refractivity contribution is -2.00. The fourth-order valence-electron chi connectivity index (χ4n) is 5.42. The first-order valence-corrected chi connectivity index (χ1v) is 16.6. The average molecular weight is 683 g/mol. The highest BCUT2D eigenvalue weighted by Gasteiger charge is 2.36. The number of amides is 2. The van der Waals surface area contributed by atoms with E-state index >= 15 is 0 Å². The summed E-state index contributed by atoms with van der Waals surface area (Å²) >= 11 is 0. The summed E-state index contributed by atoms with van der Waals surface area (Å²) in [6.07, 6.45) is 16.9. The minimum Gasteiger partial charge on any atom is -0.378 e. The number of benzene rings is 3. The van der Waals surface area contributed by atoms with Gasteiger partial charge in [-0.15, -0.1) is 10.2 Å². The molecule has 3 aromatic rings. The van der Waals surface area contributed by atoms with Crippen LogP contribution >= 0.6 is 0 Å². The molecule has 0 aromatic heterocycles. The normalized spacial score (nSPS) is 14.2. The molecule has 1 aliphatic carbocycles. The molecule has 0 spiro atoms. The zero-order valence-corrected chi connectivity index (χ0v) is 29.0. The lowest BCUT2D eigenvalue weighted by atomic mass is 9.96. The predicted molar refractivity (Wildman–Crippen MR) is 182 cm³/mol. The van der Waals surface area contributed by atoms with Gasteiger partial charge in [-0.2, -0.15) is 0 Å². The molecule has 11 heteroatoms. The van der Waals surface area contributed by atoms with Crippen molar-refractivity contribution in [3.8, 4) is 0 Å². The number of imide groups is 1. The molecule has 1 aliphatic heterocycles. The minimum atomic E-state index is -4.94. The number of nitrogens with zero attached hydrogens (tertiary/aromatic N) is 4. The molecule has 2 amide bonds. The van der Waals surface area contributed by atoms with E-state index in [1.807, 2.05) is 47.2 Å². The fraction of sp³-hybridized carbons (Fsp3) is 0.184. The van der Waals surface area contributed by atoms with Crippen molar-refractivity contribution in [3.05, 3.63) is 143 Å². The Kier molecular flexibility index (Phi) is 11.9. The molecule has 2 aliphatic rings.